The molecule has 4 rings (SSSR count). The van der Waals surface area contributed by atoms with Crippen LogP contribution >= 0.6 is 0 Å². The number of alkyl halides is 3. The minimum Gasteiger partial charge on any atom is -0.488 e. The molecule has 9 nitrogen and oxygen atoms in total. The molecular weight excluding hydrogens is 421 g/mol. The van der Waals surface area contributed by atoms with E-state index in [1.165, 1.54) is 0 Å². The molecule has 2 fully saturated rings. The van der Waals surface area contributed by atoms with Crippen molar-refractivity contribution in [3.05, 3.63) is 17.7 Å². The van der Waals surface area contributed by atoms with Gasteiger partial charge in [-0.1, -0.05) is 13.8 Å². The molecule has 170 valence electrons. The molecule has 0 aromatic heterocycles. The van der Waals surface area contributed by atoms with Crippen molar-refractivity contribution < 1.29 is 37.1 Å². The highest BCUT2D eigenvalue weighted by molar-refractivity contribution is 5.87. The zero-order chi connectivity index (χ0) is 22.5. The standard InChI is InChI=1S/C19H23F3N4O5/c1-9(2)12-4-15-13(5-14(12)30-11-6-23-7-11)25-10(3)17(27)24-26(16(25)8-29-15)31-18(28)19(20,21)22/h4-5,9-11,16,23H,6-8H2,1-3H3,(H,24,27). The van der Waals surface area contributed by atoms with Gasteiger partial charge in [0, 0.05) is 24.7 Å². The van der Waals surface area contributed by atoms with Crippen molar-refractivity contribution >= 4 is 17.6 Å². The van der Waals surface area contributed by atoms with Crippen LogP contribution in [0.25, 0.3) is 0 Å². The van der Waals surface area contributed by atoms with Crippen LogP contribution in [0.3, 0.4) is 0 Å². The lowest BCUT2D eigenvalue weighted by atomic mass is 9.99. The molecule has 2 saturated heterocycles. The van der Waals surface area contributed by atoms with Gasteiger partial charge in [-0.25, -0.2) is 4.79 Å². The Morgan fingerprint density at radius 2 is 2.00 bits per heavy atom. The van der Waals surface area contributed by atoms with Gasteiger partial charge >= 0.3 is 12.1 Å². The van der Waals surface area contributed by atoms with Gasteiger partial charge in [0.05, 0.1) is 5.69 Å². The molecule has 0 aliphatic carbocycles. The normalized spacial score (nSPS) is 24.0. The second-order valence-corrected chi connectivity index (χ2v) is 7.96. The second-order valence-electron chi connectivity index (χ2n) is 7.96. The van der Waals surface area contributed by atoms with Gasteiger partial charge in [-0.2, -0.15) is 13.2 Å². The number of anilines is 1. The lowest BCUT2D eigenvalue weighted by molar-refractivity contribution is -0.265. The Kier molecular flexibility index (Phi) is 5.38. The molecule has 3 aliphatic heterocycles. The summed E-state index contributed by atoms with van der Waals surface area (Å²) >= 11 is 0. The second kappa shape index (κ2) is 7.75. The smallest absolute Gasteiger partial charge is 0.488 e. The third kappa shape index (κ3) is 3.97. The average Bonchev–Trinajstić information content (AvgIpc) is 2.66. The summed E-state index contributed by atoms with van der Waals surface area (Å²) in [6.45, 7) is 6.90. The minimum absolute atomic E-state index is 0.00201. The van der Waals surface area contributed by atoms with E-state index < -0.39 is 30.3 Å². The molecule has 3 heterocycles. The van der Waals surface area contributed by atoms with Crippen LogP contribution in [-0.2, 0) is 14.4 Å². The first kappa shape index (κ1) is 21.5. The van der Waals surface area contributed by atoms with Crippen LogP contribution in [0.15, 0.2) is 12.1 Å². The lowest BCUT2D eigenvalue weighted by Crippen LogP contribution is -2.70. The Hall–Kier alpha value is -2.73. The Morgan fingerprint density at radius 1 is 1.29 bits per heavy atom. The number of hydrogen-bond donors (Lipinski definition) is 2. The number of fused-ring (bicyclic) bond motifs is 3. The van der Waals surface area contributed by atoms with Gasteiger partial charge in [0.2, 0.25) is 0 Å². The zero-order valence-corrected chi connectivity index (χ0v) is 17.2. The van der Waals surface area contributed by atoms with Crippen molar-refractivity contribution in [3.8, 4) is 11.5 Å². The Morgan fingerprint density at radius 3 is 2.58 bits per heavy atom. The first-order valence-electron chi connectivity index (χ1n) is 9.91. The maximum absolute atomic E-state index is 12.7. The van der Waals surface area contributed by atoms with E-state index in [9.17, 15) is 22.8 Å². The average molecular weight is 444 g/mol. The summed E-state index contributed by atoms with van der Waals surface area (Å²) in [4.78, 5) is 29.8. The highest BCUT2D eigenvalue weighted by atomic mass is 19.4. The molecule has 1 amide bonds. The molecule has 0 bridgehead atoms. The molecule has 0 radical (unpaired) electrons. The number of nitrogens with one attached hydrogen (secondary N) is 2. The van der Waals surface area contributed by atoms with E-state index in [2.05, 4.69) is 15.6 Å². The first-order valence-corrected chi connectivity index (χ1v) is 9.91. The summed E-state index contributed by atoms with van der Waals surface area (Å²) < 4.78 is 50.0. The van der Waals surface area contributed by atoms with Gasteiger partial charge < -0.3 is 24.5 Å². The topological polar surface area (TPSA) is 92.4 Å². The number of halogens is 3. The molecule has 1 aromatic rings. The van der Waals surface area contributed by atoms with E-state index in [-0.39, 0.29) is 18.6 Å². The molecular formula is C19H23F3N4O5. The maximum atomic E-state index is 12.7. The van der Waals surface area contributed by atoms with E-state index in [0.717, 1.165) is 5.56 Å². The van der Waals surface area contributed by atoms with Crippen LogP contribution in [0.4, 0.5) is 18.9 Å². The molecule has 3 aliphatic rings. The van der Waals surface area contributed by atoms with Crippen LogP contribution in [0.5, 0.6) is 11.5 Å². The monoisotopic (exact) mass is 444 g/mol. The maximum Gasteiger partial charge on any atom is 0.492 e. The number of hydrogen-bond acceptors (Lipinski definition) is 8. The zero-order valence-electron chi connectivity index (χ0n) is 17.2. The molecule has 2 atom stereocenters. The Balaban J connectivity index is 1.69. The van der Waals surface area contributed by atoms with E-state index in [4.69, 9.17) is 9.47 Å². The molecule has 12 heteroatoms. The van der Waals surface area contributed by atoms with E-state index in [0.29, 0.717) is 35.4 Å². The van der Waals surface area contributed by atoms with E-state index in [1.807, 2.05) is 19.9 Å². The number of carbonyl (C=O) groups excluding carboxylic acids is 2. The van der Waals surface area contributed by atoms with Crippen molar-refractivity contribution in [3.63, 3.8) is 0 Å². The number of carbonyl (C=O) groups is 2. The van der Waals surface area contributed by atoms with Crippen molar-refractivity contribution in [2.45, 2.75) is 51.2 Å². The van der Waals surface area contributed by atoms with Gasteiger partial charge in [-0.3, -0.25) is 10.2 Å². The predicted octanol–water partition coefficient (Wildman–Crippen LogP) is 1.44. The summed E-state index contributed by atoms with van der Waals surface area (Å²) in [7, 11) is 0. The van der Waals surface area contributed by atoms with Gasteiger partial charge in [-0.05, 0) is 24.1 Å². The molecule has 0 saturated carbocycles. The number of amides is 1. The Labute approximate surface area is 176 Å². The van der Waals surface area contributed by atoms with Crippen LogP contribution in [0.2, 0.25) is 0 Å². The summed E-state index contributed by atoms with van der Waals surface area (Å²) in [6.07, 6.45) is -6.20. The minimum atomic E-state index is -5.21. The largest absolute Gasteiger partial charge is 0.492 e. The predicted molar refractivity (Wildman–Crippen MR) is 101 cm³/mol. The fraction of sp³-hybridized carbons (Fsp3) is 0.579. The van der Waals surface area contributed by atoms with E-state index in [1.54, 1.807) is 17.9 Å². The van der Waals surface area contributed by atoms with Crippen LogP contribution in [0, 0.1) is 0 Å². The highest BCUT2D eigenvalue weighted by Crippen LogP contribution is 2.44. The third-order valence-electron chi connectivity index (χ3n) is 5.44. The fourth-order valence-corrected chi connectivity index (χ4v) is 3.64. The van der Waals surface area contributed by atoms with Crippen molar-refractivity contribution in [2.75, 3.05) is 24.6 Å². The summed E-state index contributed by atoms with van der Waals surface area (Å²) in [5.74, 6) is -1.85. The molecule has 0 spiro atoms. The van der Waals surface area contributed by atoms with Crippen molar-refractivity contribution in [2.24, 2.45) is 0 Å². The number of hydrazine groups is 1. The fourth-order valence-electron chi connectivity index (χ4n) is 3.64. The molecule has 31 heavy (non-hydrogen) atoms. The first-order chi connectivity index (χ1) is 14.6. The summed E-state index contributed by atoms with van der Waals surface area (Å²) in [5.41, 5.74) is 3.57. The molecule has 2 N–H and O–H groups in total. The summed E-state index contributed by atoms with van der Waals surface area (Å²) in [6, 6.07) is 2.80. The number of benzene rings is 1. The summed E-state index contributed by atoms with van der Waals surface area (Å²) in [5, 5.41) is 3.62. The number of rotatable bonds is 4. The SMILES string of the molecule is CC(C)c1cc2c(cc1OC1CNC1)N1C(C)C(=O)NN(OC(=O)C(F)(F)F)C1CO2. The third-order valence-corrected chi connectivity index (χ3v) is 5.44. The van der Waals surface area contributed by atoms with Gasteiger partial charge in [-0.15, -0.1) is 0 Å². The number of nitrogens with zero attached hydrogens (tertiary/aromatic N) is 2. The van der Waals surface area contributed by atoms with Crippen molar-refractivity contribution in [1.29, 1.82) is 0 Å². The van der Waals surface area contributed by atoms with Gasteiger partial charge in [0.25, 0.3) is 5.91 Å². The number of hydroxylamine groups is 1. The lowest BCUT2D eigenvalue weighted by Gasteiger charge is -2.48. The van der Waals surface area contributed by atoms with Crippen LogP contribution < -0.4 is 25.1 Å². The van der Waals surface area contributed by atoms with Crippen LogP contribution in [0.1, 0.15) is 32.3 Å². The Bertz CT molecular complexity index is 890. The van der Waals surface area contributed by atoms with E-state index >= 15 is 0 Å². The highest BCUT2D eigenvalue weighted by Gasteiger charge is 2.49. The molecule has 2 unspecified atom stereocenters. The van der Waals surface area contributed by atoms with Gasteiger partial charge in [0.15, 0.2) is 6.17 Å². The number of ether oxygens (including phenoxy) is 2. The van der Waals surface area contributed by atoms with Gasteiger partial charge in [0.1, 0.15) is 30.3 Å². The van der Waals surface area contributed by atoms with Crippen molar-refractivity contribution in [1.82, 2.24) is 15.9 Å². The van der Waals surface area contributed by atoms with Crippen LogP contribution in [-0.4, -0.2) is 61.2 Å². The molecule has 1 aromatic carbocycles. The quantitative estimate of drug-likeness (QED) is 0.721.